The predicted molar refractivity (Wildman–Crippen MR) is 95.3 cm³/mol. The van der Waals surface area contributed by atoms with E-state index in [9.17, 15) is 14.4 Å². The van der Waals surface area contributed by atoms with Crippen molar-refractivity contribution in [3.63, 3.8) is 0 Å². The Bertz CT molecular complexity index is 844. The van der Waals surface area contributed by atoms with Crippen LogP contribution in [0.2, 0.25) is 0 Å². The summed E-state index contributed by atoms with van der Waals surface area (Å²) in [6.07, 6.45) is 4.44. The number of likely N-dealkylation sites (tertiary alicyclic amines) is 1. The number of nitrogens with one attached hydrogen (secondary N) is 1. The lowest BCUT2D eigenvalue weighted by Gasteiger charge is -2.26. The van der Waals surface area contributed by atoms with Crippen LogP contribution in [0.4, 0.5) is 5.69 Å². The molecule has 1 fully saturated rings. The lowest BCUT2D eigenvalue weighted by molar-refractivity contribution is 0.0688. The highest BCUT2D eigenvalue weighted by molar-refractivity contribution is 6.06. The number of benzene rings is 1. The molecule has 2 aromatic rings. The Kier molecular flexibility index (Phi) is 5.26. The van der Waals surface area contributed by atoms with Crippen LogP contribution in [0.5, 0.6) is 0 Å². The van der Waals surface area contributed by atoms with Crippen LogP contribution in [0, 0.1) is 0 Å². The van der Waals surface area contributed by atoms with Crippen molar-refractivity contribution in [3.05, 3.63) is 59.4 Å². The van der Waals surface area contributed by atoms with Crippen molar-refractivity contribution in [3.8, 4) is 0 Å². The molecular formula is C19H19N3O4. The summed E-state index contributed by atoms with van der Waals surface area (Å²) in [6, 6.07) is 9.40. The number of pyridine rings is 1. The number of carbonyl (C=O) groups excluding carboxylic acids is 2. The Morgan fingerprint density at radius 1 is 1.00 bits per heavy atom. The lowest BCUT2D eigenvalue weighted by Crippen LogP contribution is -2.35. The molecule has 0 unspecified atom stereocenters. The molecule has 0 aliphatic carbocycles. The van der Waals surface area contributed by atoms with Crippen LogP contribution in [0.15, 0.2) is 42.6 Å². The zero-order valence-corrected chi connectivity index (χ0v) is 14.1. The number of piperidine rings is 1. The second-order valence-electron chi connectivity index (χ2n) is 6.12. The highest BCUT2D eigenvalue weighted by atomic mass is 16.4. The van der Waals surface area contributed by atoms with E-state index in [1.807, 2.05) is 4.90 Å². The molecule has 0 bridgehead atoms. The maximum atomic E-state index is 12.6. The molecule has 2 amide bonds. The summed E-state index contributed by atoms with van der Waals surface area (Å²) in [5.74, 6) is -1.70. The fourth-order valence-corrected chi connectivity index (χ4v) is 2.90. The number of amides is 2. The van der Waals surface area contributed by atoms with Gasteiger partial charge in [0.25, 0.3) is 11.8 Å². The summed E-state index contributed by atoms with van der Waals surface area (Å²) in [5.41, 5.74) is 0.981. The maximum absolute atomic E-state index is 12.6. The van der Waals surface area contributed by atoms with Crippen molar-refractivity contribution < 1.29 is 19.5 Å². The predicted octanol–water partition coefficient (Wildman–Crippen LogP) is 2.66. The summed E-state index contributed by atoms with van der Waals surface area (Å²) in [6.45, 7) is 1.51. The van der Waals surface area contributed by atoms with Gasteiger partial charge in [-0.25, -0.2) is 9.78 Å². The first-order valence-corrected chi connectivity index (χ1v) is 8.44. The molecule has 2 N–H and O–H groups in total. The van der Waals surface area contributed by atoms with Crippen molar-refractivity contribution in [1.82, 2.24) is 9.88 Å². The zero-order valence-electron chi connectivity index (χ0n) is 14.1. The van der Waals surface area contributed by atoms with E-state index in [1.165, 1.54) is 18.3 Å². The van der Waals surface area contributed by atoms with Gasteiger partial charge in [-0.15, -0.1) is 0 Å². The summed E-state index contributed by atoms with van der Waals surface area (Å²) >= 11 is 0. The molecule has 7 heteroatoms. The van der Waals surface area contributed by atoms with E-state index >= 15 is 0 Å². The van der Waals surface area contributed by atoms with Gasteiger partial charge in [0.15, 0.2) is 0 Å². The zero-order chi connectivity index (χ0) is 18.5. The molecule has 134 valence electrons. The third kappa shape index (κ3) is 4.05. The van der Waals surface area contributed by atoms with Crippen LogP contribution >= 0.6 is 0 Å². The number of rotatable bonds is 4. The Morgan fingerprint density at radius 3 is 2.50 bits per heavy atom. The van der Waals surface area contributed by atoms with E-state index in [0.717, 1.165) is 32.4 Å². The van der Waals surface area contributed by atoms with Crippen molar-refractivity contribution in [2.45, 2.75) is 19.3 Å². The number of nitrogens with zero attached hydrogens (tertiary/aromatic N) is 2. The molecule has 3 rings (SSSR count). The van der Waals surface area contributed by atoms with Crippen molar-refractivity contribution in [1.29, 1.82) is 0 Å². The van der Waals surface area contributed by atoms with Gasteiger partial charge in [-0.2, -0.15) is 0 Å². The fraction of sp³-hybridized carbons (Fsp3) is 0.263. The average Bonchev–Trinajstić information content (AvgIpc) is 2.68. The minimum Gasteiger partial charge on any atom is -0.477 e. The average molecular weight is 353 g/mol. The number of aromatic nitrogens is 1. The van der Waals surface area contributed by atoms with Gasteiger partial charge in [-0.1, -0.05) is 6.07 Å². The van der Waals surface area contributed by atoms with Gasteiger partial charge in [0.2, 0.25) is 0 Å². The van der Waals surface area contributed by atoms with Crippen LogP contribution in [0.25, 0.3) is 0 Å². The Balaban J connectivity index is 1.74. The molecule has 1 aliphatic rings. The highest BCUT2D eigenvalue weighted by Gasteiger charge is 2.18. The van der Waals surface area contributed by atoms with Gasteiger partial charge in [-0.3, -0.25) is 9.59 Å². The summed E-state index contributed by atoms with van der Waals surface area (Å²) in [7, 11) is 0. The van der Waals surface area contributed by atoms with Crippen LogP contribution in [0.3, 0.4) is 0 Å². The number of anilines is 1. The summed E-state index contributed by atoms with van der Waals surface area (Å²) < 4.78 is 0. The Labute approximate surface area is 150 Å². The van der Waals surface area contributed by atoms with E-state index in [0.29, 0.717) is 11.3 Å². The molecule has 1 saturated heterocycles. The van der Waals surface area contributed by atoms with Crippen LogP contribution in [-0.4, -0.2) is 45.9 Å². The number of carboxylic acids is 1. The molecule has 0 saturated carbocycles. The largest absolute Gasteiger partial charge is 0.477 e. The molecule has 7 nitrogen and oxygen atoms in total. The van der Waals surface area contributed by atoms with Gasteiger partial charge in [0.1, 0.15) is 5.69 Å². The van der Waals surface area contributed by atoms with Gasteiger partial charge < -0.3 is 15.3 Å². The van der Waals surface area contributed by atoms with E-state index < -0.39 is 11.9 Å². The smallest absolute Gasteiger partial charge is 0.354 e. The standard InChI is InChI=1S/C19H19N3O4/c23-17(13-7-8-20-16(12-13)19(25)26)21-15-6-4-5-14(11-15)18(24)22-9-2-1-3-10-22/h4-8,11-12H,1-3,9-10H2,(H,21,23)(H,25,26). The SMILES string of the molecule is O=C(Nc1cccc(C(=O)N2CCCCC2)c1)c1ccnc(C(=O)O)c1. The Hall–Kier alpha value is -3.22. The quantitative estimate of drug-likeness (QED) is 0.880. The number of carboxylic acid groups (broad SMARTS) is 1. The highest BCUT2D eigenvalue weighted by Crippen LogP contribution is 2.17. The molecule has 26 heavy (non-hydrogen) atoms. The maximum Gasteiger partial charge on any atom is 0.354 e. The first kappa shape index (κ1) is 17.6. The van der Waals surface area contributed by atoms with E-state index in [4.69, 9.17) is 5.11 Å². The lowest BCUT2D eigenvalue weighted by atomic mass is 10.1. The molecular weight excluding hydrogens is 334 g/mol. The van der Waals surface area contributed by atoms with Gasteiger partial charge in [0.05, 0.1) is 0 Å². The third-order valence-electron chi connectivity index (χ3n) is 4.25. The normalized spacial score (nSPS) is 13.9. The minimum absolute atomic E-state index is 0.0436. The topological polar surface area (TPSA) is 99.6 Å². The third-order valence-corrected chi connectivity index (χ3v) is 4.25. The summed E-state index contributed by atoms with van der Waals surface area (Å²) in [4.78, 5) is 41.4. The molecule has 2 heterocycles. The number of hydrogen-bond donors (Lipinski definition) is 2. The van der Waals surface area contributed by atoms with Crippen molar-refractivity contribution in [2.75, 3.05) is 18.4 Å². The molecule has 0 radical (unpaired) electrons. The number of hydrogen-bond acceptors (Lipinski definition) is 4. The summed E-state index contributed by atoms with van der Waals surface area (Å²) in [5, 5.41) is 11.7. The second-order valence-corrected chi connectivity index (χ2v) is 6.12. The van der Waals surface area contributed by atoms with E-state index in [-0.39, 0.29) is 17.2 Å². The molecule has 0 spiro atoms. The van der Waals surface area contributed by atoms with Crippen molar-refractivity contribution >= 4 is 23.5 Å². The van der Waals surface area contributed by atoms with Crippen molar-refractivity contribution in [2.24, 2.45) is 0 Å². The van der Waals surface area contributed by atoms with E-state index in [1.54, 1.807) is 24.3 Å². The van der Waals surface area contributed by atoms with Crippen LogP contribution < -0.4 is 5.32 Å². The second kappa shape index (κ2) is 7.77. The van der Waals surface area contributed by atoms with Crippen LogP contribution in [-0.2, 0) is 0 Å². The monoisotopic (exact) mass is 353 g/mol. The molecule has 1 aromatic carbocycles. The van der Waals surface area contributed by atoms with E-state index in [2.05, 4.69) is 10.3 Å². The van der Waals surface area contributed by atoms with Gasteiger partial charge in [0, 0.05) is 36.1 Å². The molecule has 1 aliphatic heterocycles. The first-order valence-electron chi connectivity index (χ1n) is 8.44. The molecule has 0 atom stereocenters. The molecule has 1 aromatic heterocycles. The van der Waals surface area contributed by atoms with Gasteiger partial charge >= 0.3 is 5.97 Å². The Morgan fingerprint density at radius 2 is 1.77 bits per heavy atom. The number of aromatic carboxylic acids is 1. The fourth-order valence-electron chi connectivity index (χ4n) is 2.90. The van der Waals surface area contributed by atoms with Gasteiger partial charge in [-0.05, 0) is 49.6 Å². The number of carbonyl (C=O) groups is 3. The first-order chi connectivity index (χ1) is 12.5. The van der Waals surface area contributed by atoms with Crippen LogP contribution in [0.1, 0.15) is 50.5 Å². The minimum atomic E-state index is -1.20.